The Labute approximate surface area is 179 Å². The molecule has 0 radical (unpaired) electrons. The third kappa shape index (κ3) is 4.20. The summed E-state index contributed by atoms with van der Waals surface area (Å²) in [6, 6.07) is 5.11. The van der Waals surface area contributed by atoms with Crippen molar-refractivity contribution in [3.63, 3.8) is 0 Å². The number of hydrogen-bond acceptors (Lipinski definition) is 7. The van der Waals surface area contributed by atoms with Gasteiger partial charge in [0.15, 0.2) is 4.90 Å². The molecule has 0 amide bonds. The molecule has 1 aromatic heterocycles. The minimum atomic E-state index is -4.28. The number of nitrogens with zero attached hydrogens (tertiary/aromatic N) is 1. The predicted molar refractivity (Wildman–Crippen MR) is 115 cm³/mol. The molecule has 2 aromatic rings. The molecule has 0 saturated heterocycles. The Morgan fingerprint density at radius 3 is 2.57 bits per heavy atom. The summed E-state index contributed by atoms with van der Waals surface area (Å²) in [6.07, 6.45) is 2.26. The van der Waals surface area contributed by atoms with Crippen molar-refractivity contribution in [1.82, 2.24) is 0 Å². The molecule has 1 aliphatic carbocycles. The first-order valence-corrected chi connectivity index (χ1v) is 11.7. The number of sulfonamides is 1. The van der Waals surface area contributed by atoms with Gasteiger partial charge in [-0.15, -0.1) is 11.3 Å². The van der Waals surface area contributed by atoms with Crippen LogP contribution < -0.4 is 4.72 Å². The predicted octanol–water partition coefficient (Wildman–Crippen LogP) is 4.39. The van der Waals surface area contributed by atoms with Gasteiger partial charge in [-0.1, -0.05) is 32.9 Å². The van der Waals surface area contributed by atoms with Gasteiger partial charge in [-0.2, -0.15) is 0 Å². The lowest BCUT2D eigenvalue weighted by Gasteiger charge is -2.33. The van der Waals surface area contributed by atoms with E-state index in [1.54, 1.807) is 0 Å². The average Bonchev–Trinajstić information content (AvgIpc) is 3.02. The van der Waals surface area contributed by atoms with Crippen LogP contribution in [0.15, 0.2) is 29.2 Å². The van der Waals surface area contributed by atoms with Gasteiger partial charge in [-0.25, -0.2) is 13.2 Å². The number of rotatable bonds is 5. The molecule has 1 unspecified atom stereocenters. The standard InChI is InChI=1S/C20H24N2O6S2/c1-20(2,3)12-9-10-13-15(11-12)29-18(17(13)19(23)28-4)21-30(26,27)16-8-6-5-7-14(16)22(24)25/h5-8,12,21H,9-11H2,1-4H3. The van der Waals surface area contributed by atoms with Crippen LogP contribution in [0.2, 0.25) is 0 Å². The molecule has 30 heavy (non-hydrogen) atoms. The number of methoxy groups -OCH3 is 1. The van der Waals surface area contributed by atoms with Crippen LogP contribution in [0.3, 0.4) is 0 Å². The van der Waals surface area contributed by atoms with E-state index in [-0.39, 0.29) is 16.0 Å². The number of thiophene rings is 1. The monoisotopic (exact) mass is 452 g/mol. The fourth-order valence-corrected chi connectivity index (χ4v) is 6.52. The minimum absolute atomic E-state index is 0.0808. The van der Waals surface area contributed by atoms with E-state index in [2.05, 4.69) is 25.5 Å². The van der Waals surface area contributed by atoms with Crippen molar-refractivity contribution in [2.75, 3.05) is 11.8 Å². The van der Waals surface area contributed by atoms with E-state index in [1.807, 2.05) is 0 Å². The van der Waals surface area contributed by atoms with Crippen molar-refractivity contribution >= 4 is 38.0 Å². The highest BCUT2D eigenvalue weighted by atomic mass is 32.2. The topological polar surface area (TPSA) is 116 Å². The fourth-order valence-electron chi connectivity index (χ4n) is 3.73. The summed E-state index contributed by atoms with van der Waals surface area (Å²) in [7, 11) is -3.04. The van der Waals surface area contributed by atoms with Crippen LogP contribution in [0.5, 0.6) is 0 Å². The van der Waals surface area contributed by atoms with Crippen molar-refractivity contribution in [2.24, 2.45) is 11.3 Å². The quantitative estimate of drug-likeness (QED) is 0.408. The second kappa shape index (κ2) is 7.99. The highest BCUT2D eigenvalue weighted by Crippen LogP contribution is 2.45. The lowest BCUT2D eigenvalue weighted by Crippen LogP contribution is -2.26. The number of carbonyl (C=O) groups is 1. The molecule has 10 heteroatoms. The lowest BCUT2D eigenvalue weighted by atomic mass is 9.72. The summed E-state index contributed by atoms with van der Waals surface area (Å²) in [5, 5.41) is 11.4. The molecule has 1 N–H and O–H groups in total. The Morgan fingerprint density at radius 1 is 1.30 bits per heavy atom. The number of fused-ring (bicyclic) bond motifs is 1. The van der Waals surface area contributed by atoms with Crippen LogP contribution in [-0.4, -0.2) is 26.4 Å². The highest BCUT2D eigenvalue weighted by molar-refractivity contribution is 7.93. The zero-order valence-corrected chi connectivity index (χ0v) is 18.9. The van der Waals surface area contributed by atoms with Gasteiger partial charge in [0.25, 0.3) is 15.7 Å². The summed E-state index contributed by atoms with van der Waals surface area (Å²) in [5.41, 5.74) is 0.551. The van der Waals surface area contributed by atoms with E-state index in [1.165, 1.54) is 36.6 Å². The molecule has 0 aliphatic heterocycles. The van der Waals surface area contributed by atoms with Crippen molar-refractivity contribution in [2.45, 2.75) is 44.9 Å². The summed E-state index contributed by atoms with van der Waals surface area (Å²) < 4.78 is 33.2. The number of nitro benzene ring substituents is 1. The SMILES string of the molecule is COC(=O)c1c(NS(=O)(=O)c2ccccc2[N+](=O)[O-])sc2c1CCC(C(C)(C)C)C2. The molecular weight excluding hydrogens is 428 g/mol. The van der Waals surface area contributed by atoms with Crippen molar-refractivity contribution < 1.29 is 22.9 Å². The van der Waals surface area contributed by atoms with Crippen LogP contribution in [0.25, 0.3) is 0 Å². The van der Waals surface area contributed by atoms with Gasteiger partial charge >= 0.3 is 5.97 Å². The van der Waals surface area contributed by atoms with E-state index >= 15 is 0 Å². The summed E-state index contributed by atoms with van der Waals surface area (Å²) in [4.78, 5) is 23.5. The van der Waals surface area contributed by atoms with Crippen molar-refractivity contribution in [3.8, 4) is 0 Å². The van der Waals surface area contributed by atoms with Crippen molar-refractivity contribution in [3.05, 3.63) is 50.4 Å². The van der Waals surface area contributed by atoms with E-state index in [9.17, 15) is 23.3 Å². The number of hydrogen-bond donors (Lipinski definition) is 1. The van der Waals surface area contributed by atoms with Crippen LogP contribution >= 0.6 is 11.3 Å². The van der Waals surface area contributed by atoms with Crippen LogP contribution in [0, 0.1) is 21.4 Å². The third-order valence-electron chi connectivity index (χ3n) is 5.46. The number of anilines is 1. The molecule has 0 fully saturated rings. The zero-order valence-electron chi connectivity index (χ0n) is 17.2. The van der Waals surface area contributed by atoms with Crippen LogP contribution in [0.1, 0.15) is 48.0 Å². The zero-order chi connectivity index (χ0) is 22.3. The smallest absolute Gasteiger partial charge is 0.341 e. The highest BCUT2D eigenvalue weighted by Gasteiger charge is 2.35. The number of esters is 1. The van der Waals surface area contributed by atoms with Gasteiger partial charge in [0, 0.05) is 10.9 Å². The number of carbonyl (C=O) groups excluding carboxylic acids is 1. The minimum Gasteiger partial charge on any atom is -0.465 e. The lowest BCUT2D eigenvalue weighted by molar-refractivity contribution is -0.387. The molecule has 0 bridgehead atoms. The summed E-state index contributed by atoms with van der Waals surface area (Å²) in [5.74, 6) is -0.226. The summed E-state index contributed by atoms with van der Waals surface area (Å²) in [6.45, 7) is 6.49. The number of nitrogens with one attached hydrogen (secondary N) is 1. The molecule has 162 valence electrons. The second-order valence-corrected chi connectivity index (χ2v) is 11.1. The molecule has 1 aliphatic rings. The number of ether oxygens (including phenoxy) is 1. The van der Waals surface area contributed by atoms with E-state index < -0.39 is 31.5 Å². The third-order valence-corrected chi connectivity index (χ3v) is 8.15. The molecule has 1 aromatic carbocycles. The van der Waals surface area contributed by atoms with Crippen LogP contribution in [0.4, 0.5) is 10.7 Å². The Hall–Kier alpha value is -2.46. The van der Waals surface area contributed by atoms with E-state index in [0.29, 0.717) is 12.3 Å². The average molecular weight is 453 g/mol. The Kier molecular flexibility index (Phi) is 5.92. The molecule has 1 atom stereocenters. The molecule has 3 rings (SSSR count). The molecular formula is C20H24N2O6S2. The first kappa shape index (κ1) is 22.2. The molecule has 8 nitrogen and oxygen atoms in total. The maximum atomic E-state index is 13.0. The normalized spacial score (nSPS) is 16.6. The van der Waals surface area contributed by atoms with Gasteiger partial charge < -0.3 is 4.74 Å². The Bertz CT molecular complexity index is 1100. The molecule has 0 saturated carbocycles. The largest absolute Gasteiger partial charge is 0.465 e. The molecule has 1 heterocycles. The maximum absolute atomic E-state index is 13.0. The number of nitro groups is 1. The number of benzene rings is 1. The van der Waals surface area contributed by atoms with Gasteiger partial charge in [-0.3, -0.25) is 14.8 Å². The first-order valence-electron chi connectivity index (χ1n) is 9.44. The Balaban J connectivity index is 2.06. The fraction of sp³-hybridized carbons (Fsp3) is 0.450. The van der Waals surface area contributed by atoms with E-state index in [4.69, 9.17) is 4.74 Å². The van der Waals surface area contributed by atoms with Gasteiger partial charge in [0.1, 0.15) is 5.00 Å². The van der Waals surface area contributed by atoms with Gasteiger partial charge in [0.05, 0.1) is 17.6 Å². The van der Waals surface area contributed by atoms with Gasteiger partial charge in [-0.05, 0) is 42.2 Å². The Morgan fingerprint density at radius 2 is 1.97 bits per heavy atom. The summed E-state index contributed by atoms with van der Waals surface area (Å²) >= 11 is 1.20. The maximum Gasteiger partial charge on any atom is 0.341 e. The van der Waals surface area contributed by atoms with E-state index in [0.717, 1.165) is 29.3 Å². The van der Waals surface area contributed by atoms with Crippen LogP contribution in [-0.2, 0) is 27.6 Å². The van der Waals surface area contributed by atoms with Gasteiger partial charge in [0.2, 0.25) is 0 Å². The number of para-hydroxylation sites is 1. The second-order valence-electron chi connectivity index (χ2n) is 8.34. The first-order chi connectivity index (χ1) is 14.0. The van der Waals surface area contributed by atoms with Crippen molar-refractivity contribution in [1.29, 1.82) is 0 Å². The molecule has 0 spiro atoms.